The first kappa shape index (κ1) is 13.6. The van der Waals surface area contributed by atoms with Crippen LogP contribution >= 0.6 is 0 Å². The summed E-state index contributed by atoms with van der Waals surface area (Å²) in [5.74, 6) is -0.134. The van der Waals surface area contributed by atoms with Crippen LogP contribution in [-0.2, 0) is 10.9 Å². The van der Waals surface area contributed by atoms with Crippen LogP contribution in [-0.4, -0.2) is 10.2 Å². The van der Waals surface area contributed by atoms with E-state index in [2.05, 4.69) is 0 Å². The number of benzene rings is 3. The summed E-state index contributed by atoms with van der Waals surface area (Å²) in [7, 11) is -0.446. The van der Waals surface area contributed by atoms with E-state index < -0.39 is 10.9 Å². The Bertz CT molecular complexity index is 687. The van der Waals surface area contributed by atoms with Crippen molar-refractivity contribution in [3.63, 3.8) is 0 Å². The van der Waals surface area contributed by atoms with Gasteiger partial charge in [-0.2, -0.15) is 0 Å². The van der Waals surface area contributed by atoms with E-state index in [1.807, 2.05) is 66.7 Å². The molecule has 3 aromatic carbocycles. The highest BCUT2D eigenvalue weighted by atomic mass is 32.2. The topological polar surface area (TPSA) is 40.5 Å². The molecule has 104 valence electrons. The van der Waals surface area contributed by atoms with E-state index in [0.717, 1.165) is 14.7 Å². The molecule has 0 aliphatic carbocycles. The van der Waals surface area contributed by atoms with Gasteiger partial charge in [-0.05, 0) is 36.4 Å². The van der Waals surface area contributed by atoms with Crippen molar-refractivity contribution >= 4 is 10.9 Å². The van der Waals surface area contributed by atoms with Crippen LogP contribution in [0.3, 0.4) is 0 Å². The zero-order valence-corrected chi connectivity index (χ0v) is 12.1. The Morgan fingerprint density at radius 3 is 1.62 bits per heavy atom. The molecule has 0 spiro atoms. The molecule has 3 rings (SSSR count). The smallest absolute Gasteiger partial charge is 0.214 e. The van der Waals surface area contributed by atoms with Crippen molar-refractivity contribution in [3.05, 3.63) is 78.9 Å². The minimum absolute atomic E-state index is 0.0476. The Morgan fingerprint density at radius 2 is 1.10 bits per heavy atom. The SMILES string of the molecule is Oc1cccc([S+](c2ccccc2)c2ccccc2)c1O. The summed E-state index contributed by atoms with van der Waals surface area (Å²) in [6.45, 7) is 0. The second kappa shape index (κ2) is 5.94. The van der Waals surface area contributed by atoms with Crippen molar-refractivity contribution in [2.75, 3.05) is 0 Å². The van der Waals surface area contributed by atoms with Crippen LogP contribution in [0.2, 0.25) is 0 Å². The summed E-state index contributed by atoms with van der Waals surface area (Å²) >= 11 is 0. The average molecular weight is 295 g/mol. The maximum atomic E-state index is 10.2. The van der Waals surface area contributed by atoms with Gasteiger partial charge >= 0.3 is 0 Å². The lowest BCUT2D eigenvalue weighted by Crippen LogP contribution is -2.04. The highest BCUT2D eigenvalue weighted by Crippen LogP contribution is 2.39. The number of hydrogen-bond acceptors (Lipinski definition) is 2. The van der Waals surface area contributed by atoms with Gasteiger partial charge in [0.2, 0.25) is 10.6 Å². The molecule has 0 aliphatic rings. The van der Waals surface area contributed by atoms with E-state index in [1.165, 1.54) is 6.07 Å². The summed E-state index contributed by atoms with van der Waals surface area (Å²) in [5.41, 5.74) is 0. The average Bonchev–Trinajstić information content (AvgIpc) is 2.54. The van der Waals surface area contributed by atoms with Crippen molar-refractivity contribution in [1.82, 2.24) is 0 Å². The van der Waals surface area contributed by atoms with Gasteiger partial charge in [0.25, 0.3) is 0 Å². The molecule has 0 saturated carbocycles. The number of rotatable bonds is 3. The fraction of sp³-hybridized carbons (Fsp3) is 0. The van der Waals surface area contributed by atoms with E-state index in [4.69, 9.17) is 0 Å². The third-order valence-electron chi connectivity index (χ3n) is 3.16. The van der Waals surface area contributed by atoms with Crippen molar-refractivity contribution in [1.29, 1.82) is 0 Å². The third kappa shape index (κ3) is 2.73. The van der Waals surface area contributed by atoms with Crippen LogP contribution in [0, 0.1) is 0 Å². The fourth-order valence-electron chi connectivity index (χ4n) is 2.18. The Kier molecular flexibility index (Phi) is 3.84. The van der Waals surface area contributed by atoms with E-state index in [1.54, 1.807) is 6.07 Å². The summed E-state index contributed by atoms with van der Waals surface area (Å²) in [6, 6.07) is 25.2. The quantitative estimate of drug-likeness (QED) is 0.562. The fourth-order valence-corrected chi connectivity index (χ4v) is 4.33. The lowest BCUT2D eigenvalue weighted by molar-refractivity contribution is 0.394. The predicted octanol–water partition coefficient (Wildman–Crippen LogP) is 4.19. The Morgan fingerprint density at radius 1 is 0.571 bits per heavy atom. The molecule has 0 heterocycles. The lowest BCUT2D eigenvalue weighted by Gasteiger charge is -2.09. The number of para-hydroxylation sites is 1. The summed E-state index contributed by atoms with van der Waals surface area (Å²) in [6.07, 6.45) is 0. The van der Waals surface area contributed by atoms with Gasteiger partial charge in [0.05, 0.1) is 0 Å². The van der Waals surface area contributed by atoms with Gasteiger partial charge in [-0.15, -0.1) is 0 Å². The van der Waals surface area contributed by atoms with Gasteiger partial charge in [0.15, 0.2) is 15.5 Å². The number of aromatic hydroxyl groups is 2. The molecule has 21 heavy (non-hydrogen) atoms. The highest BCUT2D eigenvalue weighted by molar-refractivity contribution is 7.97. The molecular formula is C18H15O2S+. The molecule has 2 nitrogen and oxygen atoms in total. The van der Waals surface area contributed by atoms with Crippen molar-refractivity contribution < 1.29 is 10.2 Å². The summed E-state index contributed by atoms with van der Waals surface area (Å²) in [4.78, 5) is 2.93. The minimum atomic E-state index is -0.446. The Balaban J connectivity index is 2.20. The van der Waals surface area contributed by atoms with Crippen molar-refractivity contribution in [2.24, 2.45) is 0 Å². The largest absolute Gasteiger partial charge is 0.504 e. The standard InChI is InChI=1S/C18H14O2S/c19-16-12-7-13-17(18(16)20)21(14-8-3-1-4-9-14)15-10-5-2-6-11-15/h1-13H,(H-,19,20)/p+1. The normalized spacial score (nSPS) is 10.7. The molecule has 0 amide bonds. The van der Waals surface area contributed by atoms with E-state index in [-0.39, 0.29) is 11.5 Å². The van der Waals surface area contributed by atoms with Crippen molar-refractivity contribution in [3.8, 4) is 11.5 Å². The maximum absolute atomic E-state index is 10.2. The van der Waals surface area contributed by atoms with Crippen LogP contribution in [0.4, 0.5) is 0 Å². The van der Waals surface area contributed by atoms with E-state index >= 15 is 0 Å². The van der Waals surface area contributed by atoms with Gasteiger partial charge in [-0.1, -0.05) is 42.5 Å². The van der Waals surface area contributed by atoms with Crippen LogP contribution in [0.1, 0.15) is 0 Å². The van der Waals surface area contributed by atoms with Gasteiger partial charge in [-0.25, -0.2) is 0 Å². The highest BCUT2D eigenvalue weighted by Gasteiger charge is 2.32. The number of hydrogen-bond donors (Lipinski definition) is 2. The van der Waals surface area contributed by atoms with Gasteiger partial charge in [-0.3, -0.25) is 0 Å². The van der Waals surface area contributed by atoms with E-state index in [0.29, 0.717) is 0 Å². The molecule has 0 bridgehead atoms. The third-order valence-corrected chi connectivity index (χ3v) is 5.41. The molecule has 2 N–H and O–H groups in total. The minimum Gasteiger partial charge on any atom is -0.504 e. The van der Waals surface area contributed by atoms with Crippen LogP contribution in [0.15, 0.2) is 93.5 Å². The van der Waals surface area contributed by atoms with Crippen LogP contribution in [0.5, 0.6) is 11.5 Å². The molecule has 0 fully saturated rings. The number of phenols is 2. The van der Waals surface area contributed by atoms with Gasteiger partial charge < -0.3 is 10.2 Å². The van der Waals surface area contributed by atoms with Crippen LogP contribution in [0.25, 0.3) is 0 Å². The molecule has 3 aromatic rings. The second-order valence-electron chi connectivity index (χ2n) is 4.56. The molecule has 0 radical (unpaired) electrons. The van der Waals surface area contributed by atoms with Crippen LogP contribution < -0.4 is 0 Å². The Hall–Kier alpha value is -2.39. The van der Waals surface area contributed by atoms with Gasteiger partial charge in [0.1, 0.15) is 10.9 Å². The Labute approximate surface area is 126 Å². The van der Waals surface area contributed by atoms with Gasteiger partial charge in [0, 0.05) is 0 Å². The monoisotopic (exact) mass is 295 g/mol. The zero-order chi connectivity index (χ0) is 14.7. The number of phenolic OH excluding ortho intramolecular Hbond substituents is 2. The molecular weight excluding hydrogens is 280 g/mol. The van der Waals surface area contributed by atoms with E-state index in [9.17, 15) is 10.2 Å². The first-order valence-electron chi connectivity index (χ1n) is 6.62. The molecule has 0 unspecified atom stereocenters. The zero-order valence-electron chi connectivity index (χ0n) is 11.3. The molecule has 3 heteroatoms. The molecule has 0 aliphatic heterocycles. The first-order valence-corrected chi connectivity index (χ1v) is 7.85. The molecule has 0 atom stereocenters. The summed E-state index contributed by atoms with van der Waals surface area (Å²) < 4.78 is 0. The first-order chi connectivity index (χ1) is 10.3. The van der Waals surface area contributed by atoms with Crippen molar-refractivity contribution in [2.45, 2.75) is 14.7 Å². The summed E-state index contributed by atoms with van der Waals surface area (Å²) in [5, 5.41) is 20.0. The maximum Gasteiger partial charge on any atom is 0.214 e. The molecule has 0 saturated heterocycles. The predicted molar refractivity (Wildman–Crippen MR) is 84.8 cm³/mol. The molecule has 0 aromatic heterocycles. The second-order valence-corrected chi connectivity index (χ2v) is 6.55. The lowest BCUT2D eigenvalue weighted by atomic mass is 10.3.